The van der Waals surface area contributed by atoms with Gasteiger partial charge in [-0.05, 0) is 12.1 Å². The van der Waals surface area contributed by atoms with Crippen molar-refractivity contribution >= 4 is 17.4 Å². The Morgan fingerprint density at radius 1 is 1.17 bits per heavy atom. The Labute approximate surface area is 99.9 Å². The van der Waals surface area contributed by atoms with E-state index < -0.39 is 18.0 Å². The Balaban J connectivity index is 1.93. The Kier molecular flexibility index (Phi) is 2.07. The molecular weight excluding hydrogens is 248 g/mol. The molecule has 3 rings (SSSR count). The van der Waals surface area contributed by atoms with E-state index in [1.54, 1.807) is 0 Å². The monoisotopic (exact) mass is 255 g/mol. The zero-order chi connectivity index (χ0) is 12.9. The van der Waals surface area contributed by atoms with Gasteiger partial charge >= 0.3 is 6.29 Å². The van der Waals surface area contributed by atoms with E-state index in [1.165, 1.54) is 23.1 Å². The van der Waals surface area contributed by atoms with Crippen molar-refractivity contribution in [3.63, 3.8) is 0 Å². The van der Waals surface area contributed by atoms with Gasteiger partial charge in [-0.3, -0.25) is 9.59 Å². The number of benzene rings is 1. The number of hydrogen-bond acceptors (Lipinski definition) is 4. The van der Waals surface area contributed by atoms with Crippen molar-refractivity contribution in [1.29, 1.82) is 0 Å². The normalized spacial score (nSPS) is 20.7. The van der Waals surface area contributed by atoms with Crippen molar-refractivity contribution in [1.82, 2.24) is 0 Å². The Morgan fingerprint density at radius 3 is 2.56 bits per heavy atom. The van der Waals surface area contributed by atoms with Gasteiger partial charge < -0.3 is 14.4 Å². The fraction of sp³-hybridized carbons (Fsp3) is 0.273. The van der Waals surface area contributed by atoms with Crippen LogP contribution in [0, 0.1) is 0 Å². The number of alkyl halides is 2. The van der Waals surface area contributed by atoms with E-state index in [0.29, 0.717) is 5.69 Å². The van der Waals surface area contributed by atoms with E-state index in [9.17, 15) is 18.4 Å². The molecule has 94 valence electrons. The molecule has 2 heterocycles. The van der Waals surface area contributed by atoms with Crippen molar-refractivity contribution in [2.45, 2.75) is 12.7 Å². The van der Waals surface area contributed by atoms with Crippen LogP contribution in [0.3, 0.4) is 0 Å². The predicted octanol–water partition coefficient (Wildman–Crippen LogP) is 1.31. The third-order valence-corrected chi connectivity index (χ3v) is 2.74. The number of fused-ring (bicyclic) bond motifs is 1. The molecule has 1 aromatic rings. The number of rotatable bonds is 1. The van der Waals surface area contributed by atoms with Gasteiger partial charge in [0.1, 0.15) is 0 Å². The van der Waals surface area contributed by atoms with Gasteiger partial charge in [-0.15, -0.1) is 8.78 Å². The maximum Gasteiger partial charge on any atom is 0.586 e. The average Bonchev–Trinajstić information content (AvgIpc) is 2.77. The van der Waals surface area contributed by atoms with Crippen LogP contribution in [0.15, 0.2) is 18.2 Å². The van der Waals surface area contributed by atoms with Crippen LogP contribution in [0.2, 0.25) is 0 Å². The Morgan fingerprint density at radius 2 is 1.89 bits per heavy atom. The number of carbonyl (C=O) groups excluding carboxylic acids is 2. The first kappa shape index (κ1) is 10.9. The van der Waals surface area contributed by atoms with E-state index in [2.05, 4.69) is 9.47 Å². The molecule has 0 unspecified atom stereocenters. The molecule has 7 heteroatoms. The second-order valence-electron chi connectivity index (χ2n) is 3.93. The highest BCUT2D eigenvalue weighted by molar-refractivity contribution is 6.43. The summed E-state index contributed by atoms with van der Waals surface area (Å²) < 4.78 is 34.1. The molecule has 0 saturated carbocycles. The number of nitrogens with zero attached hydrogens (tertiary/aromatic N) is 1. The van der Waals surface area contributed by atoms with Gasteiger partial charge in [0, 0.05) is 24.7 Å². The van der Waals surface area contributed by atoms with Gasteiger partial charge in [-0.2, -0.15) is 0 Å². The van der Waals surface area contributed by atoms with Gasteiger partial charge in [0.15, 0.2) is 11.5 Å². The van der Waals surface area contributed by atoms with Crippen LogP contribution in [-0.2, 0) is 9.59 Å². The number of ether oxygens (including phenoxy) is 2. The van der Waals surface area contributed by atoms with Crippen LogP contribution in [0.1, 0.15) is 6.42 Å². The lowest BCUT2D eigenvalue weighted by Gasteiger charge is -2.14. The van der Waals surface area contributed by atoms with E-state index in [4.69, 9.17) is 0 Å². The van der Waals surface area contributed by atoms with Gasteiger partial charge in [-0.25, -0.2) is 0 Å². The topological polar surface area (TPSA) is 55.8 Å². The summed E-state index contributed by atoms with van der Waals surface area (Å²) in [7, 11) is 0. The van der Waals surface area contributed by atoms with Crippen LogP contribution < -0.4 is 14.4 Å². The predicted molar refractivity (Wildman–Crippen MR) is 54.6 cm³/mol. The number of ketones is 1. The summed E-state index contributed by atoms with van der Waals surface area (Å²) in [6, 6.07) is 3.97. The highest BCUT2D eigenvalue weighted by Crippen LogP contribution is 2.43. The molecular formula is C11H7F2NO4. The fourth-order valence-electron chi connectivity index (χ4n) is 1.92. The van der Waals surface area contributed by atoms with Gasteiger partial charge in [0.25, 0.3) is 5.91 Å². The van der Waals surface area contributed by atoms with Crippen LogP contribution in [0.25, 0.3) is 0 Å². The number of hydrogen-bond donors (Lipinski definition) is 0. The zero-order valence-electron chi connectivity index (χ0n) is 8.98. The number of carbonyl (C=O) groups is 2. The minimum absolute atomic E-state index is 0.0956. The van der Waals surface area contributed by atoms with Crippen molar-refractivity contribution in [2.75, 3.05) is 11.4 Å². The largest absolute Gasteiger partial charge is 0.586 e. The first-order valence-corrected chi connectivity index (χ1v) is 5.21. The second-order valence-corrected chi connectivity index (χ2v) is 3.93. The lowest BCUT2D eigenvalue weighted by molar-refractivity contribution is -0.286. The quantitative estimate of drug-likeness (QED) is 0.710. The maximum absolute atomic E-state index is 12.8. The SMILES string of the molecule is O=C1CCN(c2ccc3c(c2)OC(F)(F)O3)C1=O. The smallest absolute Gasteiger partial charge is 0.395 e. The third kappa shape index (κ3) is 1.59. The first-order valence-electron chi connectivity index (χ1n) is 5.21. The number of amides is 1. The van der Waals surface area contributed by atoms with Crippen LogP contribution in [0.5, 0.6) is 11.5 Å². The minimum Gasteiger partial charge on any atom is -0.395 e. The van der Waals surface area contributed by atoms with E-state index in [-0.39, 0.29) is 24.5 Å². The van der Waals surface area contributed by atoms with Crippen molar-refractivity contribution in [3.8, 4) is 11.5 Å². The maximum atomic E-state index is 12.8. The van der Waals surface area contributed by atoms with E-state index in [1.807, 2.05) is 0 Å². The molecule has 0 N–H and O–H groups in total. The molecule has 0 aromatic heterocycles. The molecule has 0 radical (unpaired) electrons. The molecule has 2 aliphatic rings. The molecule has 1 fully saturated rings. The molecule has 1 saturated heterocycles. The summed E-state index contributed by atoms with van der Waals surface area (Å²) in [4.78, 5) is 23.8. The lowest BCUT2D eigenvalue weighted by atomic mass is 10.2. The van der Waals surface area contributed by atoms with Gasteiger partial charge in [0.2, 0.25) is 5.78 Å². The molecule has 0 atom stereocenters. The summed E-state index contributed by atoms with van der Waals surface area (Å²) >= 11 is 0. The zero-order valence-corrected chi connectivity index (χ0v) is 8.98. The molecule has 0 spiro atoms. The van der Waals surface area contributed by atoms with Gasteiger partial charge in [-0.1, -0.05) is 0 Å². The molecule has 18 heavy (non-hydrogen) atoms. The summed E-state index contributed by atoms with van der Waals surface area (Å²) in [6.45, 7) is 0.244. The molecule has 0 bridgehead atoms. The summed E-state index contributed by atoms with van der Waals surface area (Å²) in [5.41, 5.74) is 0.339. The fourth-order valence-corrected chi connectivity index (χ4v) is 1.92. The third-order valence-electron chi connectivity index (χ3n) is 2.74. The first-order chi connectivity index (χ1) is 8.46. The summed E-state index contributed by atoms with van der Waals surface area (Å²) in [5, 5.41) is 0. The van der Waals surface area contributed by atoms with Crippen molar-refractivity contribution in [3.05, 3.63) is 18.2 Å². The minimum atomic E-state index is -3.69. The highest BCUT2D eigenvalue weighted by Gasteiger charge is 2.44. The van der Waals surface area contributed by atoms with Crippen LogP contribution >= 0.6 is 0 Å². The Bertz CT molecular complexity index is 558. The van der Waals surface area contributed by atoms with E-state index >= 15 is 0 Å². The lowest BCUT2D eigenvalue weighted by Crippen LogP contribution is -2.27. The highest BCUT2D eigenvalue weighted by atomic mass is 19.3. The standard InChI is InChI=1S/C11H7F2NO4/c12-11(13)17-8-2-1-6(5-9(8)18-11)14-4-3-7(15)10(14)16/h1-2,5H,3-4H2. The number of Topliss-reactive ketones (excluding diaryl/α,β-unsaturated/α-hetero) is 1. The van der Waals surface area contributed by atoms with Gasteiger partial charge in [0.05, 0.1) is 0 Å². The molecule has 1 aromatic carbocycles. The summed E-state index contributed by atoms with van der Waals surface area (Å²) in [5.74, 6) is -1.37. The molecule has 0 aliphatic carbocycles. The Hall–Kier alpha value is -2.18. The summed E-state index contributed by atoms with van der Waals surface area (Å²) in [6.07, 6.45) is -3.56. The molecule has 2 aliphatic heterocycles. The van der Waals surface area contributed by atoms with Crippen molar-refractivity contribution in [2.24, 2.45) is 0 Å². The van der Waals surface area contributed by atoms with Crippen LogP contribution in [0.4, 0.5) is 14.5 Å². The molecule has 1 amide bonds. The number of anilines is 1. The van der Waals surface area contributed by atoms with E-state index in [0.717, 1.165) is 0 Å². The van der Waals surface area contributed by atoms with Crippen LogP contribution in [-0.4, -0.2) is 24.5 Å². The second kappa shape index (κ2) is 3.41. The average molecular weight is 255 g/mol. The number of halogens is 2. The molecule has 5 nitrogen and oxygen atoms in total. The van der Waals surface area contributed by atoms with Crippen molar-refractivity contribution < 1.29 is 27.8 Å².